The van der Waals surface area contributed by atoms with E-state index in [1.165, 1.54) is 0 Å². The molecule has 0 amide bonds. The molecule has 4 heteroatoms. The first-order valence-corrected chi connectivity index (χ1v) is 7.61. The van der Waals surface area contributed by atoms with E-state index in [9.17, 15) is 0 Å². The molecule has 0 aliphatic carbocycles. The number of benzene rings is 1. The van der Waals surface area contributed by atoms with E-state index in [0.29, 0.717) is 19.1 Å². The minimum atomic E-state index is 0.227. The molecule has 0 heterocycles. The van der Waals surface area contributed by atoms with Gasteiger partial charge in [0.2, 0.25) is 0 Å². The summed E-state index contributed by atoms with van der Waals surface area (Å²) in [5.74, 6) is 1.45. The first kappa shape index (κ1) is 17.3. The van der Waals surface area contributed by atoms with Crippen molar-refractivity contribution in [1.82, 2.24) is 5.32 Å². The molecule has 1 rings (SSSR count). The van der Waals surface area contributed by atoms with Gasteiger partial charge in [-0.2, -0.15) is 0 Å². The molecule has 0 unspecified atom stereocenters. The number of hydrogen-bond acceptors (Lipinski definition) is 3. The number of halogens is 1. The molecule has 0 aromatic heterocycles. The summed E-state index contributed by atoms with van der Waals surface area (Å²) in [4.78, 5) is 0. The molecule has 114 valence electrons. The Hall–Kier alpha value is -0.770. The molecule has 0 atom stereocenters. The molecule has 0 saturated carbocycles. The second kappa shape index (κ2) is 9.22. The first-order valence-electron chi connectivity index (χ1n) is 7.23. The number of rotatable bonds is 9. The van der Waals surface area contributed by atoms with Crippen LogP contribution in [-0.4, -0.2) is 25.9 Å². The van der Waals surface area contributed by atoms with Crippen molar-refractivity contribution in [3.63, 3.8) is 0 Å². The Balaban J connectivity index is 2.54. The summed E-state index contributed by atoms with van der Waals surface area (Å²) in [6.07, 6.45) is 0.227. The van der Waals surface area contributed by atoms with Crippen LogP contribution < -0.4 is 10.1 Å². The van der Waals surface area contributed by atoms with E-state index < -0.39 is 0 Å². The van der Waals surface area contributed by atoms with Crippen molar-refractivity contribution in [3.8, 4) is 5.75 Å². The van der Waals surface area contributed by atoms with Gasteiger partial charge < -0.3 is 14.8 Å². The SMILES string of the molecule is CC(C)CNCc1c(Cl)cccc1OCCOC(C)C. The van der Waals surface area contributed by atoms with Crippen LogP contribution in [-0.2, 0) is 11.3 Å². The third kappa shape index (κ3) is 6.60. The Bertz CT molecular complexity index is 394. The molecule has 1 N–H and O–H groups in total. The monoisotopic (exact) mass is 299 g/mol. The van der Waals surface area contributed by atoms with Crippen LogP contribution >= 0.6 is 11.6 Å². The van der Waals surface area contributed by atoms with E-state index in [1.54, 1.807) is 0 Å². The average molecular weight is 300 g/mol. The molecule has 0 aliphatic heterocycles. The molecule has 0 bridgehead atoms. The van der Waals surface area contributed by atoms with Gasteiger partial charge in [0.15, 0.2) is 0 Å². The van der Waals surface area contributed by atoms with Crippen LogP contribution in [0.15, 0.2) is 18.2 Å². The Morgan fingerprint density at radius 2 is 1.90 bits per heavy atom. The Morgan fingerprint density at radius 3 is 2.55 bits per heavy atom. The Morgan fingerprint density at radius 1 is 1.15 bits per heavy atom. The van der Waals surface area contributed by atoms with Crippen molar-refractivity contribution in [2.24, 2.45) is 5.92 Å². The molecule has 0 spiro atoms. The van der Waals surface area contributed by atoms with Crippen LogP contribution in [0.4, 0.5) is 0 Å². The van der Waals surface area contributed by atoms with Crippen LogP contribution in [0, 0.1) is 5.92 Å². The first-order chi connectivity index (χ1) is 9.50. The van der Waals surface area contributed by atoms with Crippen LogP contribution in [0.5, 0.6) is 5.75 Å². The van der Waals surface area contributed by atoms with Gasteiger partial charge in [0, 0.05) is 17.1 Å². The Kier molecular flexibility index (Phi) is 7.97. The molecule has 0 fully saturated rings. The molecule has 1 aromatic rings. The topological polar surface area (TPSA) is 30.5 Å². The van der Waals surface area contributed by atoms with Gasteiger partial charge in [-0.1, -0.05) is 31.5 Å². The fraction of sp³-hybridized carbons (Fsp3) is 0.625. The zero-order valence-corrected chi connectivity index (χ0v) is 13.7. The summed E-state index contributed by atoms with van der Waals surface area (Å²) in [5.41, 5.74) is 1.01. The third-order valence-electron chi connectivity index (χ3n) is 2.72. The van der Waals surface area contributed by atoms with Crippen molar-refractivity contribution in [2.45, 2.75) is 40.3 Å². The summed E-state index contributed by atoms with van der Waals surface area (Å²) in [5, 5.41) is 4.13. The number of ether oxygens (including phenoxy) is 2. The number of hydrogen-bond donors (Lipinski definition) is 1. The molecule has 1 aromatic carbocycles. The molecule has 0 radical (unpaired) electrons. The van der Waals surface area contributed by atoms with E-state index in [4.69, 9.17) is 21.1 Å². The van der Waals surface area contributed by atoms with Crippen LogP contribution in [0.25, 0.3) is 0 Å². The molecular formula is C16H26ClNO2. The van der Waals surface area contributed by atoms with Crippen molar-refractivity contribution in [1.29, 1.82) is 0 Å². The standard InChI is InChI=1S/C16H26ClNO2/c1-12(2)10-18-11-14-15(17)6-5-7-16(14)20-9-8-19-13(3)4/h5-7,12-13,18H,8-11H2,1-4H3. The van der Waals surface area contributed by atoms with Gasteiger partial charge in [-0.05, 0) is 38.4 Å². The van der Waals surface area contributed by atoms with Crippen LogP contribution in [0.2, 0.25) is 5.02 Å². The van der Waals surface area contributed by atoms with Gasteiger partial charge in [-0.15, -0.1) is 0 Å². The Labute approximate surface area is 127 Å². The highest BCUT2D eigenvalue weighted by atomic mass is 35.5. The lowest BCUT2D eigenvalue weighted by molar-refractivity contribution is 0.0550. The van der Waals surface area contributed by atoms with Gasteiger partial charge in [0.05, 0.1) is 12.7 Å². The highest BCUT2D eigenvalue weighted by Gasteiger charge is 2.08. The van der Waals surface area contributed by atoms with Crippen LogP contribution in [0.3, 0.4) is 0 Å². The summed E-state index contributed by atoms with van der Waals surface area (Å²) < 4.78 is 11.2. The van der Waals surface area contributed by atoms with E-state index in [0.717, 1.165) is 29.4 Å². The maximum Gasteiger partial charge on any atom is 0.125 e. The zero-order valence-electron chi connectivity index (χ0n) is 12.9. The molecule has 3 nitrogen and oxygen atoms in total. The van der Waals surface area contributed by atoms with Crippen molar-refractivity contribution < 1.29 is 9.47 Å². The predicted molar refractivity (Wildman–Crippen MR) is 84.6 cm³/mol. The quantitative estimate of drug-likeness (QED) is 0.702. The predicted octanol–water partition coefficient (Wildman–Crippen LogP) is 3.89. The van der Waals surface area contributed by atoms with Crippen molar-refractivity contribution in [2.75, 3.05) is 19.8 Å². The highest BCUT2D eigenvalue weighted by Crippen LogP contribution is 2.26. The third-order valence-corrected chi connectivity index (χ3v) is 3.08. The summed E-state index contributed by atoms with van der Waals surface area (Å²) in [6.45, 7) is 11.2. The second-order valence-corrected chi connectivity index (χ2v) is 5.92. The average Bonchev–Trinajstić information content (AvgIpc) is 2.37. The van der Waals surface area contributed by atoms with Crippen molar-refractivity contribution >= 4 is 11.6 Å². The van der Waals surface area contributed by atoms with Gasteiger partial charge in [0.1, 0.15) is 12.4 Å². The van der Waals surface area contributed by atoms with Gasteiger partial charge >= 0.3 is 0 Å². The summed E-state index contributed by atoms with van der Waals surface area (Å²) in [7, 11) is 0. The summed E-state index contributed by atoms with van der Waals surface area (Å²) >= 11 is 6.26. The molecule has 20 heavy (non-hydrogen) atoms. The maximum absolute atomic E-state index is 6.26. The normalized spacial score (nSPS) is 11.3. The smallest absolute Gasteiger partial charge is 0.125 e. The van der Waals surface area contributed by atoms with E-state index in [-0.39, 0.29) is 6.10 Å². The van der Waals surface area contributed by atoms with Gasteiger partial charge in [0.25, 0.3) is 0 Å². The minimum Gasteiger partial charge on any atom is -0.491 e. The van der Waals surface area contributed by atoms with Crippen molar-refractivity contribution in [3.05, 3.63) is 28.8 Å². The van der Waals surface area contributed by atoms with E-state index >= 15 is 0 Å². The lowest BCUT2D eigenvalue weighted by Crippen LogP contribution is -2.20. The fourth-order valence-electron chi connectivity index (χ4n) is 1.77. The van der Waals surface area contributed by atoms with E-state index in [1.807, 2.05) is 32.0 Å². The van der Waals surface area contributed by atoms with Gasteiger partial charge in [-0.3, -0.25) is 0 Å². The lowest BCUT2D eigenvalue weighted by atomic mass is 10.1. The van der Waals surface area contributed by atoms with Gasteiger partial charge in [-0.25, -0.2) is 0 Å². The second-order valence-electron chi connectivity index (χ2n) is 5.51. The number of nitrogens with one attached hydrogen (secondary N) is 1. The fourth-order valence-corrected chi connectivity index (χ4v) is 2.00. The largest absolute Gasteiger partial charge is 0.491 e. The maximum atomic E-state index is 6.26. The molecule has 0 saturated heterocycles. The zero-order chi connectivity index (χ0) is 15.0. The van der Waals surface area contributed by atoms with Crippen LogP contribution in [0.1, 0.15) is 33.3 Å². The molecule has 0 aliphatic rings. The summed E-state index contributed by atoms with van der Waals surface area (Å²) in [6, 6.07) is 5.76. The highest BCUT2D eigenvalue weighted by molar-refractivity contribution is 6.31. The van der Waals surface area contributed by atoms with E-state index in [2.05, 4.69) is 19.2 Å². The molecular weight excluding hydrogens is 274 g/mol. The minimum absolute atomic E-state index is 0.227. The lowest BCUT2D eigenvalue weighted by Gasteiger charge is -2.15.